The molecule has 6 heteroatoms. The minimum absolute atomic E-state index is 0.0657. The van der Waals surface area contributed by atoms with E-state index >= 15 is 0 Å². The van der Waals surface area contributed by atoms with Gasteiger partial charge in [0, 0.05) is 24.0 Å². The highest BCUT2D eigenvalue weighted by molar-refractivity contribution is 7.09. The second-order valence-electron chi connectivity index (χ2n) is 4.90. The Balaban J connectivity index is 1.83. The number of carbonyl (C=O) groups is 1. The Morgan fingerprint density at radius 2 is 2.38 bits per heavy atom. The number of hydrogen-bond donors (Lipinski definition) is 1. The second-order valence-corrected chi connectivity index (χ2v) is 5.83. The minimum atomic E-state index is -0.168. The smallest absolute Gasteiger partial charge is 0.272 e. The predicted octanol–water partition coefficient (Wildman–Crippen LogP) is 2.98. The van der Waals surface area contributed by atoms with Gasteiger partial charge in [0.05, 0.1) is 6.04 Å². The molecule has 5 nitrogen and oxygen atoms in total. The van der Waals surface area contributed by atoms with Gasteiger partial charge in [-0.2, -0.15) is 0 Å². The van der Waals surface area contributed by atoms with E-state index in [4.69, 9.17) is 0 Å². The zero-order valence-electron chi connectivity index (χ0n) is 11.9. The van der Waals surface area contributed by atoms with Crippen LogP contribution in [-0.4, -0.2) is 20.3 Å². The summed E-state index contributed by atoms with van der Waals surface area (Å²) in [5.41, 5.74) is 2.33. The topological polar surface area (TPSA) is 59.3 Å². The molecule has 3 aromatic rings. The van der Waals surface area contributed by atoms with Gasteiger partial charge < -0.3 is 9.72 Å². The Bertz CT molecular complexity index is 763. The van der Waals surface area contributed by atoms with Gasteiger partial charge >= 0.3 is 0 Å². The lowest BCUT2D eigenvalue weighted by molar-refractivity contribution is 0.0931. The lowest BCUT2D eigenvalue weighted by Gasteiger charge is -2.13. The van der Waals surface area contributed by atoms with Crippen molar-refractivity contribution in [1.29, 1.82) is 0 Å². The molecule has 0 aliphatic heterocycles. The molecule has 1 atom stereocenters. The first-order chi connectivity index (χ1) is 10.2. The Morgan fingerprint density at radius 1 is 1.52 bits per heavy atom. The van der Waals surface area contributed by atoms with Crippen molar-refractivity contribution in [1.82, 2.24) is 19.7 Å². The van der Waals surface area contributed by atoms with Crippen LogP contribution in [0.5, 0.6) is 0 Å². The average molecular weight is 300 g/mol. The van der Waals surface area contributed by atoms with Crippen molar-refractivity contribution in [2.24, 2.45) is 0 Å². The van der Waals surface area contributed by atoms with Gasteiger partial charge in [-0.15, -0.1) is 11.3 Å². The van der Waals surface area contributed by atoms with Crippen molar-refractivity contribution in [2.75, 3.05) is 0 Å². The molecule has 0 aliphatic rings. The molecule has 0 radical (unpaired) electrons. The highest BCUT2D eigenvalue weighted by Crippen LogP contribution is 2.19. The monoisotopic (exact) mass is 300 g/mol. The van der Waals surface area contributed by atoms with E-state index < -0.39 is 0 Å². The van der Waals surface area contributed by atoms with Gasteiger partial charge in [-0.05, 0) is 31.0 Å². The number of aryl methyl sites for hydroxylation is 1. The Morgan fingerprint density at radius 3 is 3.10 bits per heavy atom. The van der Waals surface area contributed by atoms with Crippen LogP contribution in [0.25, 0.3) is 5.65 Å². The van der Waals surface area contributed by atoms with Crippen LogP contribution < -0.4 is 5.32 Å². The van der Waals surface area contributed by atoms with Gasteiger partial charge in [0.1, 0.15) is 16.3 Å². The first-order valence-electron chi connectivity index (χ1n) is 6.83. The number of imidazole rings is 1. The Hall–Kier alpha value is -2.21. The molecule has 1 unspecified atom stereocenters. The number of fused-ring (bicyclic) bond motifs is 1. The summed E-state index contributed by atoms with van der Waals surface area (Å²) in [4.78, 5) is 21.0. The fourth-order valence-corrected chi connectivity index (χ4v) is 2.94. The molecule has 0 aromatic carbocycles. The molecule has 0 bridgehead atoms. The Labute approximate surface area is 126 Å². The van der Waals surface area contributed by atoms with Crippen molar-refractivity contribution in [3.63, 3.8) is 0 Å². The SMILES string of the molecule is CCC(NC(=O)c1cn2ccc(C)cc2n1)c1nccs1. The second kappa shape index (κ2) is 5.65. The summed E-state index contributed by atoms with van der Waals surface area (Å²) >= 11 is 1.55. The summed E-state index contributed by atoms with van der Waals surface area (Å²) in [7, 11) is 0. The molecule has 3 aromatic heterocycles. The number of pyridine rings is 1. The largest absolute Gasteiger partial charge is 0.341 e. The third-order valence-corrected chi connectivity index (χ3v) is 4.20. The van der Waals surface area contributed by atoms with E-state index in [1.165, 1.54) is 0 Å². The third-order valence-electron chi connectivity index (χ3n) is 3.31. The average Bonchev–Trinajstić information content (AvgIpc) is 3.12. The standard InChI is InChI=1S/C15H16N4OS/c1-3-11(15-16-5-7-21-15)18-14(20)12-9-19-6-4-10(2)8-13(19)17-12/h4-9,11H,3H2,1-2H3,(H,18,20). The van der Waals surface area contributed by atoms with E-state index in [9.17, 15) is 4.79 Å². The van der Waals surface area contributed by atoms with E-state index in [-0.39, 0.29) is 11.9 Å². The Kier molecular flexibility index (Phi) is 3.70. The molecule has 0 aliphatic carbocycles. The van der Waals surface area contributed by atoms with Gasteiger partial charge in [-0.1, -0.05) is 6.92 Å². The van der Waals surface area contributed by atoms with Gasteiger partial charge in [0.15, 0.2) is 0 Å². The summed E-state index contributed by atoms with van der Waals surface area (Å²) in [6.45, 7) is 4.03. The van der Waals surface area contributed by atoms with Gasteiger partial charge in [0.2, 0.25) is 0 Å². The number of hydrogen-bond acceptors (Lipinski definition) is 4. The molecule has 1 amide bonds. The van der Waals surface area contributed by atoms with Crippen LogP contribution in [0.2, 0.25) is 0 Å². The molecule has 0 fully saturated rings. The molecular weight excluding hydrogens is 284 g/mol. The first kappa shape index (κ1) is 13.8. The van der Waals surface area contributed by atoms with Crippen LogP contribution in [-0.2, 0) is 0 Å². The molecule has 3 heterocycles. The van der Waals surface area contributed by atoms with Gasteiger partial charge in [-0.3, -0.25) is 4.79 Å². The maximum absolute atomic E-state index is 12.4. The first-order valence-corrected chi connectivity index (χ1v) is 7.71. The summed E-state index contributed by atoms with van der Waals surface area (Å²) in [6, 6.07) is 3.87. The predicted molar refractivity (Wildman–Crippen MR) is 82.5 cm³/mol. The molecule has 0 spiro atoms. The van der Waals surface area contributed by atoms with Gasteiger partial charge in [-0.25, -0.2) is 9.97 Å². The maximum atomic E-state index is 12.4. The van der Waals surface area contributed by atoms with Gasteiger partial charge in [0.25, 0.3) is 5.91 Å². The normalized spacial score (nSPS) is 12.5. The molecule has 0 saturated heterocycles. The number of nitrogens with zero attached hydrogens (tertiary/aromatic N) is 3. The number of thiazole rings is 1. The quantitative estimate of drug-likeness (QED) is 0.806. The lowest BCUT2D eigenvalue weighted by Crippen LogP contribution is -2.28. The van der Waals surface area contributed by atoms with Crippen LogP contribution in [0.15, 0.2) is 36.1 Å². The van der Waals surface area contributed by atoms with E-state index in [0.29, 0.717) is 5.69 Å². The summed E-state index contributed by atoms with van der Waals surface area (Å²) in [6.07, 6.45) is 6.21. The molecule has 3 rings (SSSR count). The van der Waals surface area contributed by atoms with Crippen LogP contribution in [0.1, 0.15) is 40.4 Å². The number of nitrogens with one attached hydrogen (secondary N) is 1. The van der Waals surface area contributed by atoms with Crippen molar-refractivity contribution < 1.29 is 4.79 Å². The number of carbonyl (C=O) groups excluding carboxylic acids is 1. The highest BCUT2D eigenvalue weighted by Gasteiger charge is 2.18. The summed E-state index contributed by atoms with van der Waals surface area (Å²) in [5.74, 6) is -0.168. The van der Waals surface area contributed by atoms with Crippen LogP contribution in [0.3, 0.4) is 0 Å². The summed E-state index contributed by atoms with van der Waals surface area (Å²) in [5, 5.41) is 5.83. The van der Waals surface area contributed by atoms with Crippen LogP contribution in [0.4, 0.5) is 0 Å². The van der Waals surface area contributed by atoms with Crippen molar-refractivity contribution in [2.45, 2.75) is 26.3 Å². The zero-order valence-corrected chi connectivity index (χ0v) is 12.7. The number of rotatable bonds is 4. The fraction of sp³-hybridized carbons (Fsp3) is 0.267. The molecule has 0 saturated carbocycles. The van der Waals surface area contributed by atoms with Crippen LogP contribution in [0, 0.1) is 6.92 Å². The maximum Gasteiger partial charge on any atom is 0.272 e. The van der Waals surface area contributed by atoms with Crippen LogP contribution >= 0.6 is 11.3 Å². The van der Waals surface area contributed by atoms with E-state index in [1.807, 2.05) is 42.0 Å². The van der Waals surface area contributed by atoms with Crippen molar-refractivity contribution >= 4 is 22.9 Å². The number of aromatic nitrogens is 3. The van der Waals surface area contributed by atoms with E-state index in [2.05, 4.69) is 15.3 Å². The van der Waals surface area contributed by atoms with E-state index in [1.54, 1.807) is 23.7 Å². The van der Waals surface area contributed by atoms with Crippen molar-refractivity contribution in [3.05, 3.63) is 52.4 Å². The third kappa shape index (κ3) is 2.80. The number of amides is 1. The molecular formula is C15H16N4OS. The fourth-order valence-electron chi connectivity index (χ4n) is 2.17. The lowest BCUT2D eigenvalue weighted by atomic mass is 10.2. The molecule has 21 heavy (non-hydrogen) atoms. The minimum Gasteiger partial charge on any atom is -0.341 e. The van der Waals surface area contributed by atoms with Crippen molar-refractivity contribution in [3.8, 4) is 0 Å². The summed E-state index contributed by atoms with van der Waals surface area (Å²) < 4.78 is 1.85. The molecule has 1 N–H and O–H groups in total. The molecule has 108 valence electrons. The highest BCUT2D eigenvalue weighted by atomic mass is 32.1. The zero-order chi connectivity index (χ0) is 14.8. The van der Waals surface area contributed by atoms with E-state index in [0.717, 1.165) is 22.6 Å².